The van der Waals surface area contributed by atoms with Crippen LogP contribution in [0.25, 0.3) is 11.3 Å². The van der Waals surface area contributed by atoms with Crippen molar-refractivity contribution in [2.75, 3.05) is 0 Å². The zero-order chi connectivity index (χ0) is 9.97. The molecule has 70 valence electrons. The molecular weight excluding hydrogens is 178 g/mol. The Labute approximate surface area is 80.6 Å². The molecule has 1 N–H and O–H groups in total. The van der Waals surface area contributed by atoms with Crippen LogP contribution in [0.15, 0.2) is 35.3 Å². The molecule has 2 rings (SSSR count). The minimum atomic E-state index is -0.428. The summed E-state index contributed by atoms with van der Waals surface area (Å²) in [5.74, 6) is 0. The highest BCUT2D eigenvalue weighted by atomic mass is 16.1. The maximum atomic E-state index is 10.9. The van der Waals surface area contributed by atoms with Crippen molar-refractivity contribution in [3.05, 3.63) is 46.5 Å². The van der Waals surface area contributed by atoms with Crippen LogP contribution in [0, 0.1) is 6.92 Å². The van der Waals surface area contributed by atoms with Crippen LogP contribution < -0.4 is 5.69 Å². The summed E-state index contributed by atoms with van der Waals surface area (Å²) in [5.41, 5.74) is 2.23. The molecule has 0 aliphatic rings. The molecule has 0 aliphatic heterocycles. The molecule has 0 radical (unpaired) electrons. The van der Waals surface area contributed by atoms with Crippen molar-refractivity contribution >= 4 is 0 Å². The van der Waals surface area contributed by atoms with Crippen LogP contribution >= 0.6 is 0 Å². The third-order valence-electron chi connectivity index (χ3n) is 1.92. The van der Waals surface area contributed by atoms with Gasteiger partial charge in [0.25, 0.3) is 0 Å². The molecule has 1 aromatic heterocycles. The molecule has 0 atom stereocenters. The molecule has 0 fully saturated rings. The molecular formula is C10H9N3O. The summed E-state index contributed by atoms with van der Waals surface area (Å²) in [4.78, 5) is 14.7. The lowest BCUT2D eigenvalue weighted by atomic mass is 10.1. The van der Waals surface area contributed by atoms with E-state index >= 15 is 0 Å². The van der Waals surface area contributed by atoms with Crippen LogP contribution in [0.2, 0.25) is 0 Å². The lowest BCUT2D eigenvalue weighted by Crippen LogP contribution is -2.11. The van der Waals surface area contributed by atoms with Gasteiger partial charge < -0.3 is 0 Å². The molecule has 4 nitrogen and oxygen atoms in total. The number of aryl methyl sites for hydroxylation is 1. The first-order chi connectivity index (χ1) is 6.75. The molecule has 0 spiro atoms. The SMILES string of the molecule is Cc1ccc(-c2cn[nH]c(=O)n2)cc1. The predicted molar refractivity (Wildman–Crippen MR) is 52.8 cm³/mol. The van der Waals surface area contributed by atoms with Gasteiger partial charge in [0.1, 0.15) is 0 Å². The smallest absolute Gasteiger partial charge is 0.244 e. The van der Waals surface area contributed by atoms with Crippen molar-refractivity contribution in [1.29, 1.82) is 0 Å². The van der Waals surface area contributed by atoms with Crippen LogP contribution in [-0.4, -0.2) is 15.2 Å². The Balaban J connectivity index is 2.50. The van der Waals surface area contributed by atoms with E-state index in [1.54, 1.807) is 0 Å². The monoisotopic (exact) mass is 187 g/mol. The summed E-state index contributed by atoms with van der Waals surface area (Å²) in [7, 11) is 0. The van der Waals surface area contributed by atoms with E-state index in [0.29, 0.717) is 5.69 Å². The van der Waals surface area contributed by atoms with Gasteiger partial charge in [-0.1, -0.05) is 29.8 Å². The van der Waals surface area contributed by atoms with E-state index in [0.717, 1.165) is 5.56 Å². The fraction of sp³-hybridized carbons (Fsp3) is 0.100. The first kappa shape index (κ1) is 8.62. The van der Waals surface area contributed by atoms with Gasteiger partial charge in [-0.05, 0) is 6.92 Å². The standard InChI is InChI=1S/C10H9N3O/c1-7-2-4-8(5-3-7)9-6-11-13-10(14)12-9/h2-6H,1H3,(H,12,13,14). The van der Waals surface area contributed by atoms with Crippen LogP contribution in [0.3, 0.4) is 0 Å². The first-order valence-corrected chi connectivity index (χ1v) is 4.24. The van der Waals surface area contributed by atoms with E-state index in [9.17, 15) is 4.79 Å². The first-order valence-electron chi connectivity index (χ1n) is 4.24. The molecule has 0 unspecified atom stereocenters. The zero-order valence-corrected chi connectivity index (χ0v) is 7.69. The number of hydrogen-bond donors (Lipinski definition) is 1. The number of aromatic amines is 1. The van der Waals surface area contributed by atoms with Gasteiger partial charge in [-0.25, -0.2) is 9.89 Å². The van der Waals surface area contributed by atoms with Crippen molar-refractivity contribution in [3.8, 4) is 11.3 Å². The van der Waals surface area contributed by atoms with Gasteiger partial charge in [0.2, 0.25) is 0 Å². The summed E-state index contributed by atoms with van der Waals surface area (Å²) < 4.78 is 0. The molecule has 0 amide bonds. The molecule has 1 heterocycles. The number of nitrogens with zero attached hydrogens (tertiary/aromatic N) is 2. The molecule has 14 heavy (non-hydrogen) atoms. The summed E-state index contributed by atoms with van der Waals surface area (Å²) in [5, 5.41) is 5.92. The Morgan fingerprint density at radius 2 is 1.93 bits per heavy atom. The lowest BCUT2D eigenvalue weighted by molar-refractivity contribution is 0.919. The summed E-state index contributed by atoms with van der Waals surface area (Å²) in [6, 6.07) is 7.77. The fourth-order valence-electron chi connectivity index (χ4n) is 1.18. The van der Waals surface area contributed by atoms with E-state index in [2.05, 4.69) is 15.2 Å². The molecule has 0 bridgehead atoms. The van der Waals surface area contributed by atoms with E-state index in [-0.39, 0.29) is 0 Å². The minimum absolute atomic E-state index is 0.428. The molecule has 1 aromatic carbocycles. The molecule has 4 heteroatoms. The Morgan fingerprint density at radius 3 is 2.57 bits per heavy atom. The Hall–Kier alpha value is -1.97. The largest absolute Gasteiger partial charge is 0.361 e. The van der Waals surface area contributed by atoms with Gasteiger partial charge in [0, 0.05) is 5.56 Å². The van der Waals surface area contributed by atoms with Crippen LogP contribution in [0.4, 0.5) is 0 Å². The average molecular weight is 187 g/mol. The van der Waals surface area contributed by atoms with Gasteiger partial charge in [-0.3, -0.25) is 0 Å². The summed E-state index contributed by atoms with van der Waals surface area (Å²) in [6.45, 7) is 2.01. The number of aromatic nitrogens is 3. The van der Waals surface area contributed by atoms with E-state index < -0.39 is 5.69 Å². The molecule has 2 aromatic rings. The van der Waals surface area contributed by atoms with Crippen LogP contribution in [-0.2, 0) is 0 Å². The minimum Gasteiger partial charge on any atom is -0.244 e. The van der Waals surface area contributed by atoms with Crippen molar-refractivity contribution < 1.29 is 0 Å². The van der Waals surface area contributed by atoms with Crippen LogP contribution in [0.1, 0.15) is 5.56 Å². The predicted octanol–water partition coefficient (Wildman–Crippen LogP) is 1.14. The van der Waals surface area contributed by atoms with Gasteiger partial charge in [-0.2, -0.15) is 10.1 Å². The highest BCUT2D eigenvalue weighted by molar-refractivity contribution is 5.57. The van der Waals surface area contributed by atoms with Gasteiger partial charge in [-0.15, -0.1) is 0 Å². The highest BCUT2D eigenvalue weighted by Gasteiger charge is 1.99. The topological polar surface area (TPSA) is 58.6 Å². The Bertz CT molecular complexity index is 487. The average Bonchev–Trinajstić information content (AvgIpc) is 2.19. The maximum Gasteiger partial charge on any atom is 0.361 e. The second-order valence-electron chi connectivity index (χ2n) is 3.04. The Morgan fingerprint density at radius 1 is 1.21 bits per heavy atom. The second-order valence-corrected chi connectivity index (χ2v) is 3.04. The number of H-pyrrole nitrogens is 1. The fourth-order valence-corrected chi connectivity index (χ4v) is 1.18. The molecule has 0 saturated carbocycles. The van der Waals surface area contributed by atoms with Crippen LogP contribution in [0.5, 0.6) is 0 Å². The van der Waals surface area contributed by atoms with Gasteiger partial charge in [0.05, 0.1) is 11.9 Å². The van der Waals surface area contributed by atoms with Gasteiger partial charge >= 0.3 is 5.69 Å². The number of benzene rings is 1. The highest BCUT2D eigenvalue weighted by Crippen LogP contribution is 2.14. The van der Waals surface area contributed by atoms with Crippen molar-refractivity contribution in [2.45, 2.75) is 6.92 Å². The summed E-state index contributed by atoms with van der Waals surface area (Å²) >= 11 is 0. The van der Waals surface area contributed by atoms with Gasteiger partial charge in [0.15, 0.2) is 0 Å². The maximum absolute atomic E-state index is 10.9. The van der Waals surface area contributed by atoms with E-state index in [1.807, 2.05) is 31.2 Å². The number of nitrogens with one attached hydrogen (secondary N) is 1. The third kappa shape index (κ3) is 1.69. The van der Waals surface area contributed by atoms with Crippen molar-refractivity contribution in [3.63, 3.8) is 0 Å². The van der Waals surface area contributed by atoms with Crippen molar-refractivity contribution in [1.82, 2.24) is 15.2 Å². The normalized spacial score (nSPS) is 10.1. The van der Waals surface area contributed by atoms with E-state index in [1.165, 1.54) is 11.8 Å². The third-order valence-corrected chi connectivity index (χ3v) is 1.92. The number of rotatable bonds is 1. The second kappa shape index (κ2) is 3.41. The van der Waals surface area contributed by atoms with E-state index in [4.69, 9.17) is 0 Å². The number of hydrogen-bond acceptors (Lipinski definition) is 3. The summed E-state index contributed by atoms with van der Waals surface area (Å²) in [6.07, 6.45) is 1.53. The molecule has 0 saturated heterocycles. The lowest BCUT2D eigenvalue weighted by Gasteiger charge is -1.98. The quantitative estimate of drug-likeness (QED) is 0.728. The Kier molecular flexibility index (Phi) is 2.10. The van der Waals surface area contributed by atoms with Crippen molar-refractivity contribution in [2.24, 2.45) is 0 Å². The molecule has 0 aliphatic carbocycles. The zero-order valence-electron chi connectivity index (χ0n) is 7.69.